The third kappa shape index (κ3) is 6.56. The molecule has 0 spiro atoms. The Morgan fingerprint density at radius 2 is 1.53 bits per heavy atom. The lowest BCUT2D eigenvalue weighted by molar-refractivity contribution is -0.136. The zero-order valence-electron chi connectivity index (χ0n) is 19.3. The van der Waals surface area contributed by atoms with Crippen molar-refractivity contribution in [1.29, 1.82) is 0 Å². The quantitative estimate of drug-likeness (QED) is 0.312. The standard InChI is InChI=1S/C27H25Cl2N3O4/c28-21-13-22(29)15-23(14-21)31-27(36)32-25(20-11-18-3-1-2-4-19(18)12-20)16-5-7-17(8-6-16)26(35)30-10-9-24(33)34/h1-8,13-15,20,25H,9-12H2,(H,30,35)(H,33,34)(H2,31,32,36). The molecule has 0 aliphatic heterocycles. The van der Waals surface area contributed by atoms with Crippen LogP contribution < -0.4 is 16.0 Å². The lowest BCUT2D eigenvalue weighted by Gasteiger charge is -2.26. The van der Waals surface area contributed by atoms with E-state index in [2.05, 4.69) is 28.1 Å². The average molecular weight is 526 g/mol. The monoisotopic (exact) mass is 525 g/mol. The molecule has 4 rings (SSSR count). The number of halogens is 2. The van der Waals surface area contributed by atoms with Crippen LogP contribution in [0.1, 0.15) is 39.5 Å². The molecule has 36 heavy (non-hydrogen) atoms. The zero-order valence-corrected chi connectivity index (χ0v) is 20.8. The van der Waals surface area contributed by atoms with E-state index in [1.54, 1.807) is 30.3 Å². The molecule has 186 valence electrons. The predicted molar refractivity (Wildman–Crippen MR) is 140 cm³/mol. The van der Waals surface area contributed by atoms with Gasteiger partial charge in [0.25, 0.3) is 5.91 Å². The number of carboxylic acids is 1. The summed E-state index contributed by atoms with van der Waals surface area (Å²) in [6, 6.07) is 19.3. The van der Waals surface area contributed by atoms with E-state index < -0.39 is 12.0 Å². The van der Waals surface area contributed by atoms with Gasteiger partial charge in [-0.25, -0.2) is 4.79 Å². The largest absolute Gasteiger partial charge is 0.481 e. The summed E-state index contributed by atoms with van der Waals surface area (Å²) in [7, 11) is 0. The number of hydrogen-bond acceptors (Lipinski definition) is 3. The van der Waals surface area contributed by atoms with Crippen molar-refractivity contribution in [3.8, 4) is 0 Å². The van der Waals surface area contributed by atoms with Crippen LogP contribution in [0.3, 0.4) is 0 Å². The molecule has 0 heterocycles. The highest BCUT2D eigenvalue weighted by Gasteiger charge is 2.31. The number of carboxylic acid groups (broad SMARTS) is 1. The molecule has 1 aliphatic rings. The Morgan fingerprint density at radius 1 is 0.917 bits per heavy atom. The molecule has 1 aliphatic carbocycles. The maximum absolute atomic E-state index is 13.0. The van der Waals surface area contributed by atoms with Crippen molar-refractivity contribution in [2.24, 2.45) is 5.92 Å². The first-order chi connectivity index (χ1) is 17.3. The molecule has 1 unspecified atom stereocenters. The SMILES string of the molecule is O=C(O)CCNC(=O)c1ccc(C(NC(=O)Nc2cc(Cl)cc(Cl)c2)C2Cc3ccccc3C2)cc1. The second-order valence-electron chi connectivity index (χ2n) is 8.69. The van der Waals surface area contributed by atoms with Crippen molar-refractivity contribution in [1.82, 2.24) is 10.6 Å². The second kappa shape index (κ2) is 11.5. The lowest BCUT2D eigenvalue weighted by atomic mass is 9.90. The number of urea groups is 1. The van der Waals surface area contributed by atoms with Crippen molar-refractivity contribution in [3.63, 3.8) is 0 Å². The van der Waals surface area contributed by atoms with Crippen molar-refractivity contribution in [3.05, 3.63) is 99.0 Å². The molecular formula is C27H25Cl2N3O4. The minimum Gasteiger partial charge on any atom is -0.481 e. The van der Waals surface area contributed by atoms with Gasteiger partial charge in [-0.15, -0.1) is 0 Å². The van der Waals surface area contributed by atoms with Gasteiger partial charge in [0.1, 0.15) is 0 Å². The van der Waals surface area contributed by atoms with Crippen LogP contribution in [0.5, 0.6) is 0 Å². The number of carbonyl (C=O) groups excluding carboxylic acids is 2. The van der Waals surface area contributed by atoms with Crippen LogP contribution in [0.25, 0.3) is 0 Å². The van der Waals surface area contributed by atoms with Gasteiger partial charge < -0.3 is 21.1 Å². The van der Waals surface area contributed by atoms with Crippen molar-refractivity contribution < 1.29 is 19.5 Å². The Labute approximate surface area is 218 Å². The normalized spacial score (nSPS) is 13.5. The molecule has 0 saturated carbocycles. The highest BCUT2D eigenvalue weighted by Crippen LogP contribution is 2.35. The fourth-order valence-corrected chi connectivity index (χ4v) is 4.99. The number of benzene rings is 3. The maximum atomic E-state index is 13.0. The predicted octanol–water partition coefficient (Wildman–Crippen LogP) is 5.48. The van der Waals surface area contributed by atoms with E-state index in [0.29, 0.717) is 21.3 Å². The van der Waals surface area contributed by atoms with E-state index in [9.17, 15) is 14.4 Å². The summed E-state index contributed by atoms with van der Waals surface area (Å²) in [5.41, 5.74) is 4.26. The summed E-state index contributed by atoms with van der Waals surface area (Å²) in [6.45, 7) is 0.0497. The van der Waals surface area contributed by atoms with Crippen LogP contribution in [0.15, 0.2) is 66.7 Å². The van der Waals surface area contributed by atoms with E-state index in [0.717, 1.165) is 18.4 Å². The molecule has 0 aromatic heterocycles. The first-order valence-electron chi connectivity index (χ1n) is 11.5. The zero-order chi connectivity index (χ0) is 25.7. The number of carbonyl (C=O) groups is 3. The third-order valence-electron chi connectivity index (χ3n) is 6.12. The smallest absolute Gasteiger partial charge is 0.319 e. The number of hydrogen-bond donors (Lipinski definition) is 4. The molecule has 7 nitrogen and oxygen atoms in total. The van der Waals surface area contributed by atoms with Gasteiger partial charge in [0, 0.05) is 27.8 Å². The molecular weight excluding hydrogens is 501 g/mol. The summed E-state index contributed by atoms with van der Waals surface area (Å²) in [4.78, 5) is 36.0. The van der Waals surface area contributed by atoms with Gasteiger partial charge in [0.2, 0.25) is 0 Å². The summed E-state index contributed by atoms with van der Waals surface area (Å²) in [6.07, 6.45) is 1.47. The summed E-state index contributed by atoms with van der Waals surface area (Å²) >= 11 is 12.1. The van der Waals surface area contributed by atoms with Crippen LogP contribution in [0.4, 0.5) is 10.5 Å². The Balaban J connectivity index is 1.52. The highest BCUT2D eigenvalue weighted by atomic mass is 35.5. The molecule has 0 radical (unpaired) electrons. The van der Waals surface area contributed by atoms with Crippen LogP contribution >= 0.6 is 23.2 Å². The van der Waals surface area contributed by atoms with Gasteiger partial charge in [-0.3, -0.25) is 9.59 Å². The van der Waals surface area contributed by atoms with Crippen LogP contribution in [0.2, 0.25) is 10.0 Å². The van der Waals surface area contributed by atoms with Crippen molar-refractivity contribution in [2.75, 3.05) is 11.9 Å². The Morgan fingerprint density at radius 3 is 2.11 bits per heavy atom. The first kappa shape index (κ1) is 25.5. The molecule has 0 saturated heterocycles. The Kier molecular flexibility index (Phi) is 8.13. The molecule has 0 bridgehead atoms. The van der Waals surface area contributed by atoms with Gasteiger partial charge >= 0.3 is 12.0 Å². The number of fused-ring (bicyclic) bond motifs is 1. The lowest BCUT2D eigenvalue weighted by Crippen LogP contribution is -2.37. The van der Waals surface area contributed by atoms with Crippen LogP contribution in [0, 0.1) is 5.92 Å². The van der Waals surface area contributed by atoms with Gasteiger partial charge in [-0.05, 0) is 65.8 Å². The van der Waals surface area contributed by atoms with E-state index in [1.165, 1.54) is 11.1 Å². The van der Waals surface area contributed by atoms with Crippen molar-refractivity contribution >= 4 is 46.8 Å². The van der Waals surface area contributed by atoms with Gasteiger partial charge in [-0.2, -0.15) is 0 Å². The Bertz CT molecular complexity index is 1240. The van der Waals surface area contributed by atoms with Gasteiger partial charge in [0.15, 0.2) is 0 Å². The number of rotatable bonds is 8. The molecule has 3 aromatic rings. The number of aliphatic carboxylic acids is 1. The van der Waals surface area contributed by atoms with Crippen molar-refractivity contribution in [2.45, 2.75) is 25.3 Å². The number of anilines is 1. The minimum absolute atomic E-state index is 0.0497. The molecule has 3 aromatic carbocycles. The summed E-state index contributed by atoms with van der Waals surface area (Å²) < 4.78 is 0. The molecule has 9 heteroatoms. The Hall–Kier alpha value is -3.55. The molecule has 3 amide bonds. The number of nitrogens with one attached hydrogen (secondary N) is 3. The number of amides is 3. The molecule has 4 N–H and O–H groups in total. The van der Waals surface area contributed by atoms with Gasteiger partial charge in [0.05, 0.1) is 12.5 Å². The average Bonchev–Trinajstić information content (AvgIpc) is 3.26. The maximum Gasteiger partial charge on any atom is 0.319 e. The third-order valence-corrected chi connectivity index (χ3v) is 6.55. The minimum atomic E-state index is -0.976. The van der Waals surface area contributed by atoms with E-state index in [1.807, 2.05) is 24.3 Å². The van der Waals surface area contributed by atoms with Gasteiger partial charge in [-0.1, -0.05) is 59.6 Å². The van der Waals surface area contributed by atoms with E-state index in [-0.39, 0.29) is 30.8 Å². The van der Waals surface area contributed by atoms with E-state index in [4.69, 9.17) is 28.3 Å². The summed E-state index contributed by atoms with van der Waals surface area (Å²) in [5, 5.41) is 18.1. The first-order valence-corrected chi connectivity index (χ1v) is 12.2. The van der Waals surface area contributed by atoms with Crippen LogP contribution in [-0.4, -0.2) is 29.6 Å². The fraction of sp³-hybridized carbons (Fsp3) is 0.222. The molecule has 1 atom stereocenters. The topological polar surface area (TPSA) is 108 Å². The van der Waals surface area contributed by atoms with Crippen LogP contribution in [-0.2, 0) is 17.6 Å². The second-order valence-corrected chi connectivity index (χ2v) is 9.57. The summed E-state index contributed by atoms with van der Waals surface area (Å²) in [5.74, 6) is -1.21. The molecule has 0 fully saturated rings. The fourth-order valence-electron chi connectivity index (χ4n) is 4.46. The highest BCUT2D eigenvalue weighted by molar-refractivity contribution is 6.35. The van der Waals surface area contributed by atoms with E-state index >= 15 is 0 Å².